The van der Waals surface area contributed by atoms with E-state index in [0.29, 0.717) is 13.1 Å². The zero-order valence-electron chi connectivity index (χ0n) is 12.5. The Morgan fingerprint density at radius 3 is 2.86 bits per heavy atom. The van der Waals surface area contributed by atoms with Crippen molar-refractivity contribution in [2.45, 2.75) is 19.4 Å². The van der Waals surface area contributed by atoms with Gasteiger partial charge in [-0.2, -0.15) is 0 Å². The van der Waals surface area contributed by atoms with E-state index in [4.69, 9.17) is 4.74 Å². The summed E-state index contributed by atoms with van der Waals surface area (Å²) in [6.45, 7) is 2.82. The van der Waals surface area contributed by atoms with E-state index in [1.165, 1.54) is 11.1 Å². The van der Waals surface area contributed by atoms with Gasteiger partial charge in [-0.1, -0.05) is 12.1 Å². The zero-order valence-corrected chi connectivity index (χ0v) is 12.5. The lowest BCUT2D eigenvalue weighted by molar-refractivity contribution is 0.240. The Kier molecular flexibility index (Phi) is 4.63. The number of fused-ring (bicyclic) bond motifs is 1. The van der Waals surface area contributed by atoms with Gasteiger partial charge in [0.1, 0.15) is 5.75 Å². The summed E-state index contributed by atoms with van der Waals surface area (Å²) in [7, 11) is 0. The van der Waals surface area contributed by atoms with E-state index in [2.05, 4.69) is 22.8 Å². The summed E-state index contributed by atoms with van der Waals surface area (Å²) in [5.41, 5.74) is 2.51. The first-order valence-corrected chi connectivity index (χ1v) is 7.68. The topological polar surface area (TPSA) is 55.3 Å². The van der Waals surface area contributed by atoms with E-state index in [1.54, 1.807) is 0 Å². The molecular formula is C17H21N3O2. The fraction of sp³-hybridized carbons (Fsp3) is 0.353. The molecule has 0 radical (unpaired) electrons. The molecule has 22 heavy (non-hydrogen) atoms. The molecule has 5 nitrogen and oxygen atoms in total. The Labute approximate surface area is 130 Å². The maximum Gasteiger partial charge on any atom is 0.314 e. The third-order valence-corrected chi connectivity index (χ3v) is 3.77. The van der Waals surface area contributed by atoms with Crippen molar-refractivity contribution in [1.82, 2.24) is 15.2 Å². The van der Waals surface area contributed by atoms with Crippen LogP contribution in [0, 0.1) is 0 Å². The van der Waals surface area contributed by atoms with Crippen molar-refractivity contribution in [3.05, 3.63) is 53.9 Å². The summed E-state index contributed by atoms with van der Waals surface area (Å²) in [6, 6.07) is 10.1. The minimum absolute atomic E-state index is 0.114. The van der Waals surface area contributed by atoms with Crippen LogP contribution in [0.4, 0.5) is 4.79 Å². The Hall–Kier alpha value is -2.43. The van der Waals surface area contributed by atoms with Gasteiger partial charge in [0.25, 0.3) is 0 Å². The number of rotatable bonds is 6. The Balaban J connectivity index is 1.35. The average Bonchev–Trinajstić information content (AvgIpc) is 3.17. The summed E-state index contributed by atoms with van der Waals surface area (Å²) in [4.78, 5) is 11.7. The zero-order chi connectivity index (χ0) is 15.2. The molecule has 0 fully saturated rings. The van der Waals surface area contributed by atoms with Gasteiger partial charge in [-0.25, -0.2) is 4.79 Å². The van der Waals surface area contributed by atoms with Gasteiger partial charge >= 0.3 is 6.03 Å². The molecular weight excluding hydrogens is 278 g/mol. The van der Waals surface area contributed by atoms with Crippen LogP contribution in [0.5, 0.6) is 5.75 Å². The lowest BCUT2D eigenvalue weighted by Crippen LogP contribution is -2.38. The molecule has 2 amide bonds. The molecule has 1 aliphatic rings. The van der Waals surface area contributed by atoms with Gasteiger partial charge in [-0.3, -0.25) is 0 Å². The van der Waals surface area contributed by atoms with Crippen LogP contribution in [-0.4, -0.2) is 30.3 Å². The monoisotopic (exact) mass is 299 g/mol. The van der Waals surface area contributed by atoms with Gasteiger partial charge in [0.15, 0.2) is 0 Å². The highest BCUT2D eigenvalue weighted by Crippen LogP contribution is 2.25. The van der Waals surface area contributed by atoms with Crippen molar-refractivity contribution in [3.63, 3.8) is 0 Å². The molecule has 0 aliphatic carbocycles. The quantitative estimate of drug-likeness (QED) is 0.857. The van der Waals surface area contributed by atoms with Crippen molar-refractivity contribution in [2.24, 2.45) is 0 Å². The summed E-state index contributed by atoms with van der Waals surface area (Å²) >= 11 is 0. The SMILES string of the molecule is O=C(NCCc1ccc2c(c1)CCO2)NCCn1cccc1. The maximum absolute atomic E-state index is 11.7. The van der Waals surface area contributed by atoms with Crippen LogP contribution < -0.4 is 15.4 Å². The van der Waals surface area contributed by atoms with E-state index in [0.717, 1.165) is 31.7 Å². The highest BCUT2D eigenvalue weighted by Gasteiger charge is 2.11. The molecule has 0 spiro atoms. The fourth-order valence-electron chi connectivity index (χ4n) is 2.60. The molecule has 1 aromatic heterocycles. The first kappa shape index (κ1) is 14.5. The number of carbonyl (C=O) groups is 1. The highest BCUT2D eigenvalue weighted by molar-refractivity contribution is 5.73. The van der Waals surface area contributed by atoms with E-state index in [1.807, 2.05) is 35.2 Å². The lowest BCUT2D eigenvalue weighted by Gasteiger charge is -2.09. The van der Waals surface area contributed by atoms with Gasteiger partial charge in [0.05, 0.1) is 6.61 Å². The molecule has 5 heteroatoms. The molecule has 2 aromatic rings. The fourth-order valence-corrected chi connectivity index (χ4v) is 2.60. The van der Waals surface area contributed by atoms with Crippen LogP contribution in [0.25, 0.3) is 0 Å². The number of nitrogens with zero attached hydrogens (tertiary/aromatic N) is 1. The Morgan fingerprint density at radius 1 is 1.18 bits per heavy atom. The van der Waals surface area contributed by atoms with Crippen LogP contribution in [0.3, 0.4) is 0 Å². The summed E-state index contributed by atoms with van der Waals surface area (Å²) in [5.74, 6) is 1.000. The minimum atomic E-state index is -0.114. The van der Waals surface area contributed by atoms with Crippen molar-refractivity contribution < 1.29 is 9.53 Å². The van der Waals surface area contributed by atoms with Crippen LogP contribution in [0.15, 0.2) is 42.7 Å². The van der Waals surface area contributed by atoms with E-state index >= 15 is 0 Å². The van der Waals surface area contributed by atoms with Gasteiger partial charge in [0, 0.05) is 38.4 Å². The third kappa shape index (κ3) is 3.81. The number of ether oxygens (including phenoxy) is 1. The lowest BCUT2D eigenvalue weighted by atomic mass is 10.1. The van der Waals surface area contributed by atoms with E-state index in [9.17, 15) is 4.79 Å². The van der Waals surface area contributed by atoms with Crippen molar-refractivity contribution in [1.29, 1.82) is 0 Å². The number of nitrogens with one attached hydrogen (secondary N) is 2. The average molecular weight is 299 g/mol. The molecule has 0 atom stereocenters. The van der Waals surface area contributed by atoms with Crippen molar-refractivity contribution in [2.75, 3.05) is 19.7 Å². The third-order valence-electron chi connectivity index (χ3n) is 3.77. The molecule has 1 aromatic carbocycles. The molecule has 0 saturated carbocycles. The molecule has 3 rings (SSSR count). The first-order chi connectivity index (χ1) is 10.8. The molecule has 0 unspecified atom stereocenters. The molecule has 0 bridgehead atoms. The van der Waals surface area contributed by atoms with Gasteiger partial charge in [-0.15, -0.1) is 0 Å². The predicted octanol–water partition coefficient (Wildman–Crippen LogP) is 1.96. The number of benzene rings is 1. The van der Waals surface area contributed by atoms with E-state index in [-0.39, 0.29) is 6.03 Å². The highest BCUT2D eigenvalue weighted by atomic mass is 16.5. The Morgan fingerprint density at radius 2 is 2.00 bits per heavy atom. The second kappa shape index (κ2) is 7.02. The first-order valence-electron chi connectivity index (χ1n) is 7.68. The Bertz CT molecular complexity index is 623. The van der Waals surface area contributed by atoms with Crippen LogP contribution in [0.1, 0.15) is 11.1 Å². The molecule has 2 heterocycles. The minimum Gasteiger partial charge on any atom is -0.493 e. The van der Waals surface area contributed by atoms with Gasteiger partial charge in [0.2, 0.25) is 0 Å². The number of aromatic nitrogens is 1. The van der Waals surface area contributed by atoms with Crippen LogP contribution in [0.2, 0.25) is 0 Å². The smallest absolute Gasteiger partial charge is 0.314 e. The molecule has 116 valence electrons. The van der Waals surface area contributed by atoms with Crippen molar-refractivity contribution in [3.8, 4) is 5.75 Å². The number of urea groups is 1. The largest absolute Gasteiger partial charge is 0.493 e. The number of hydrogen-bond donors (Lipinski definition) is 2. The van der Waals surface area contributed by atoms with E-state index < -0.39 is 0 Å². The van der Waals surface area contributed by atoms with Gasteiger partial charge in [-0.05, 0) is 35.7 Å². The number of amides is 2. The summed E-state index contributed by atoms with van der Waals surface area (Å²) in [5, 5.41) is 5.75. The van der Waals surface area contributed by atoms with Crippen LogP contribution >= 0.6 is 0 Å². The maximum atomic E-state index is 11.7. The van der Waals surface area contributed by atoms with Gasteiger partial charge < -0.3 is 19.9 Å². The summed E-state index contributed by atoms with van der Waals surface area (Å²) < 4.78 is 7.52. The predicted molar refractivity (Wildman–Crippen MR) is 85.2 cm³/mol. The van der Waals surface area contributed by atoms with Crippen molar-refractivity contribution >= 4 is 6.03 Å². The second-order valence-electron chi connectivity index (χ2n) is 5.39. The normalized spacial score (nSPS) is 12.5. The summed E-state index contributed by atoms with van der Waals surface area (Å²) in [6.07, 6.45) is 5.78. The molecule has 0 saturated heterocycles. The standard InChI is InChI=1S/C17H21N3O2/c21-17(19-8-11-20-9-1-2-10-20)18-7-5-14-3-4-16-15(13-14)6-12-22-16/h1-4,9-10,13H,5-8,11-12H2,(H2,18,19,21). The second-order valence-corrected chi connectivity index (χ2v) is 5.39. The number of carbonyl (C=O) groups excluding carboxylic acids is 1. The molecule has 1 aliphatic heterocycles. The number of hydrogen-bond acceptors (Lipinski definition) is 2. The van der Waals surface area contributed by atoms with Crippen LogP contribution in [-0.2, 0) is 19.4 Å². The molecule has 2 N–H and O–H groups in total.